The molecule has 0 atom stereocenters. The quantitative estimate of drug-likeness (QED) is 0.796. The van der Waals surface area contributed by atoms with E-state index in [9.17, 15) is 4.79 Å². The van der Waals surface area contributed by atoms with Crippen LogP contribution in [0.1, 0.15) is 21.7 Å². The SMILES string of the molecule is COc1ccccc1NC(=O)c1ccc(-n2nc(C)cc2C)cc1. The molecule has 0 aliphatic rings. The van der Waals surface area contributed by atoms with Crippen LogP contribution in [0.4, 0.5) is 5.69 Å². The molecule has 3 aromatic rings. The number of aryl methyl sites for hydroxylation is 2. The minimum Gasteiger partial charge on any atom is -0.495 e. The fourth-order valence-electron chi connectivity index (χ4n) is 2.59. The van der Waals surface area contributed by atoms with Gasteiger partial charge in [0.25, 0.3) is 5.91 Å². The van der Waals surface area contributed by atoms with Gasteiger partial charge in [0.05, 0.1) is 24.2 Å². The van der Waals surface area contributed by atoms with Crippen molar-refractivity contribution < 1.29 is 9.53 Å². The average molecular weight is 321 g/mol. The van der Waals surface area contributed by atoms with E-state index in [0.717, 1.165) is 17.1 Å². The summed E-state index contributed by atoms with van der Waals surface area (Å²) in [5.41, 5.74) is 4.16. The summed E-state index contributed by atoms with van der Waals surface area (Å²) >= 11 is 0. The highest BCUT2D eigenvalue weighted by Crippen LogP contribution is 2.23. The van der Waals surface area contributed by atoms with Crippen molar-refractivity contribution in [2.75, 3.05) is 12.4 Å². The number of benzene rings is 2. The van der Waals surface area contributed by atoms with Crippen LogP contribution in [-0.4, -0.2) is 22.8 Å². The maximum absolute atomic E-state index is 12.4. The molecule has 0 aliphatic heterocycles. The number of hydrogen-bond donors (Lipinski definition) is 1. The van der Waals surface area contributed by atoms with Crippen molar-refractivity contribution in [3.05, 3.63) is 71.5 Å². The minimum absolute atomic E-state index is 0.181. The Morgan fingerprint density at radius 2 is 1.79 bits per heavy atom. The van der Waals surface area contributed by atoms with Crippen LogP contribution in [0.15, 0.2) is 54.6 Å². The Hall–Kier alpha value is -3.08. The molecule has 2 aromatic carbocycles. The topological polar surface area (TPSA) is 56.1 Å². The van der Waals surface area contributed by atoms with Gasteiger partial charge < -0.3 is 10.1 Å². The molecule has 3 rings (SSSR count). The van der Waals surface area contributed by atoms with Gasteiger partial charge >= 0.3 is 0 Å². The van der Waals surface area contributed by atoms with E-state index in [1.165, 1.54) is 0 Å². The number of rotatable bonds is 4. The number of para-hydroxylation sites is 2. The summed E-state index contributed by atoms with van der Waals surface area (Å²) in [6, 6.07) is 16.7. The van der Waals surface area contributed by atoms with E-state index in [2.05, 4.69) is 10.4 Å². The molecular weight excluding hydrogens is 302 g/mol. The lowest BCUT2D eigenvalue weighted by Gasteiger charge is -2.10. The molecule has 0 radical (unpaired) electrons. The van der Waals surface area contributed by atoms with Gasteiger partial charge in [0, 0.05) is 11.3 Å². The summed E-state index contributed by atoms with van der Waals surface area (Å²) in [6.45, 7) is 3.96. The highest BCUT2D eigenvalue weighted by Gasteiger charge is 2.10. The molecule has 1 N–H and O–H groups in total. The van der Waals surface area contributed by atoms with Crippen molar-refractivity contribution in [2.24, 2.45) is 0 Å². The van der Waals surface area contributed by atoms with E-state index < -0.39 is 0 Å². The van der Waals surface area contributed by atoms with E-state index in [0.29, 0.717) is 17.0 Å². The third kappa shape index (κ3) is 3.15. The molecule has 1 aromatic heterocycles. The molecular formula is C19H19N3O2. The maximum atomic E-state index is 12.4. The minimum atomic E-state index is -0.181. The molecule has 0 unspecified atom stereocenters. The number of anilines is 1. The highest BCUT2D eigenvalue weighted by atomic mass is 16.5. The van der Waals surface area contributed by atoms with Crippen molar-refractivity contribution in [3.8, 4) is 11.4 Å². The number of carbonyl (C=O) groups is 1. The van der Waals surface area contributed by atoms with Crippen LogP contribution in [0.5, 0.6) is 5.75 Å². The Morgan fingerprint density at radius 1 is 1.08 bits per heavy atom. The van der Waals surface area contributed by atoms with E-state index in [4.69, 9.17) is 4.74 Å². The van der Waals surface area contributed by atoms with E-state index >= 15 is 0 Å². The molecule has 1 heterocycles. The fraction of sp³-hybridized carbons (Fsp3) is 0.158. The van der Waals surface area contributed by atoms with Gasteiger partial charge in [0.1, 0.15) is 5.75 Å². The zero-order chi connectivity index (χ0) is 17.1. The second-order valence-corrected chi connectivity index (χ2v) is 5.54. The molecule has 0 spiro atoms. The molecule has 5 heteroatoms. The Kier molecular flexibility index (Phi) is 4.33. The summed E-state index contributed by atoms with van der Waals surface area (Å²) < 4.78 is 7.11. The number of amides is 1. The van der Waals surface area contributed by atoms with Crippen molar-refractivity contribution in [1.82, 2.24) is 9.78 Å². The summed E-state index contributed by atoms with van der Waals surface area (Å²) in [4.78, 5) is 12.4. The van der Waals surface area contributed by atoms with Gasteiger partial charge in [0.15, 0.2) is 0 Å². The molecule has 0 aliphatic carbocycles. The van der Waals surface area contributed by atoms with Gasteiger partial charge in [-0.15, -0.1) is 0 Å². The number of nitrogens with one attached hydrogen (secondary N) is 1. The lowest BCUT2D eigenvalue weighted by Crippen LogP contribution is -2.12. The molecule has 0 saturated heterocycles. The van der Waals surface area contributed by atoms with Crippen LogP contribution < -0.4 is 10.1 Å². The molecule has 122 valence electrons. The number of methoxy groups -OCH3 is 1. The van der Waals surface area contributed by atoms with Crippen LogP contribution in [0.2, 0.25) is 0 Å². The summed E-state index contributed by atoms with van der Waals surface area (Å²) in [7, 11) is 1.58. The van der Waals surface area contributed by atoms with Gasteiger partial charge in [-0.3, -0.25) is 4.79 Å². The fourth-order valence-corrected chi connectivity index (χ4v) is 2.59. The van der Waals surface area contributed by atoms with Crippen LogP contribution in [-0.2, 0) is 0 Å². The number of hydrogen-bond acceptors (Lipinski definition) is 3. The van der Waals surface area contributed by atoms with Gasteiger partial charge in [-0.25, -0.2) is 4.68 Å². The molecule has 24 heavy (non-hydrogen) atoms. The first kappa shape index (κ1) is 15.8. The Labute approximate surface area is 140 Å². The summed E-state index contributed by atoms with van der Waals surface area (Å²) in [5.74, 6) is 0.449. The first-order valence-electron chi connectivity index (χ1n) is 7.66. The first-order chi connectivity index (χ1) is 11.6. The van der Waals surface area contributed by atoms with E-state index in [-0.39, 0.29) is 5.91 Å². The predicted octanol–water partition coefficient (Wildman–Crippen LogP) is 3.75. The summed E-state index contributed by atoms with van der Waals surface area (Å²) in [6.07, 6.45) is 0. The Balaban J connectivity index is 1.80. The summed E-state index contributed by atoms with van der Waals surface area (Å²) in [5, 5.41) is 7.31. The van der Waals surface area contributed by atoms with Gasteiger partial charge in [-0.05, 0) is 56.3 Å². The van der Waals surface area contributed by atoms with Gasteiger partial charge in [-0.2, -0.15) is 5.10 Å². The number of aromatic nitrogens is 2. The molecule has 0 fully saturated rings. The van der Waals surface area contributed by atoms with Crippen LogP contribution >= 0.6 is 0 Å². The van der Waals surface area contributed by atoms with E-state index in [1.807, 2.05) is 54.9 Å². The predicted molar refractivity (Wildman–Crippen MR) is 94.0 cm³/mol. The lowest BCUT2D eigenvalue weighted by atomic mass is 10.2. The Bertz CT molecular complexity index is 867. The second-order valence-electron chi connectivity index (χ2n) is 5.54. The van der Waals surface area contributed by atoms with Crippen molar-refractivity contribution in [3.63, 3.8) is 0 Å². The molecule has 1 amide bonds. The first-order valence-corrected chi connectivity index (χ1v) is 7.66. The molecule has 0 bridgehead atoms. The normalized spacial score (nSPS) is 10.5. The van der Waals surface area contributed by atoms with Gasteiger partial charge in [-0.1, -0.05) is 12.1 Å². The highest BCUT2D eigenvalue weighted by molar-refractivity contribution is 6.05. The van der Waals surface area contributed by atoms with Gasteiger partial charge in [0.2, 0.25) is 0 Å². The lowest BCUT2D eigenvalue weighted by molar-refractivity contribution is 0.102. The monoisotopic (exact) mass is 321 g/mol. The van der Waals surface area contributed by atoms with Crippen molar-refractivity contribution in [2.45, 2.75) is 13.8 Å². The van der Waals surface area contributed by atoms with Crippen LogP contribution in [0, 0.1) is 13.8 Å². The van der Waals surface area contributed by atoms with Crippen LogP contribution in [0.3, 0.4) is 0 Å². The molecule has 0 saturated carbocycles. The number of carbonyl (C=O) groups excluding carboxylic acids is 1. The Morgan fingerprint density at radius 3 is 2.42 bits per heavy atom. The smallest absolute Gasteiger partial charge is 0.255 e. The zero-order valence-electron chi connectivity index (χ0n) is 13.9. The second kappa shape index (κ2) is 6.58. The standard InChI is InChI=1S/C19H19N3O2/c1-13-12-14(2)22(21-13)16-10-8-15(9-11-16)19(23)20-17-6-4-5-7-18(17)24-3/h4-12H,1-3H3,(H,20,23). The average Bonchev–Trinajstić information content (AvgIpc) is 2.94. The van der Waals surface area contributed by atoms with Crippen molar-refractivity contribution >= 4 is 11.6 Å². The zero-order valence-corrected chi connectivity index (χ0v) is 13.9. The maximum Gasteiger partial charge on any atom is 0.255 e. The van der Waals surface area contributed by atoms with Crippen molar-refractivity contribution in [1.29, 1.82) is 0 Å². The number of nitrogens with zero attached hydrogens (tertiary/aromatic N) is 2. The largest absolute Gasteiger partial charge is 0.495 e. The number of ether oxygens (including phenoxy) is 1. The van der Waals surface area contributed by atoms with Crippen LogP contribution in [0.25, 0.3) is 5.69 Å². The van der Waals surface area contributed by atoms with E-state index in [1.54, 1.807) is 25.3 Å². The third-order valence-electron chi connectivity index (χ3n) is 3.74. The molecule has 5 nitrogen and oxygen atoms in total. The third-order valence-corrected chi connectivity index (χ3v) is 3.74.